The zero-order chi connectivity index (χ0) is 23.5. The first-order valence-electron chi connectivity index (χ1n) is 10.6. The minimum absolute atomic E-state index is 0.328. The number of nitrogens with zero attached hydrogens (tertiary/aromatic N) is 1. The van der Waals surface area contributed by atoms with Crippen molar-refractivity contribution in [3.63, 3.8) is 0 Å². The lowest BCUT2D eigenvalue weighted by molar-refractivity contribution is 0.0846. The molecule has 2 N–H and O–H groups in total. The van der Waals surface area contributed by atoms with Crippen LogP contribution in [0.15, 0.2) is 67.0 Å². The first-order valence-corrected chi connectivity index (χ1v) is 10.6. The Morgan fingerprint density at radius 2 is 1.64 bits per heavy atom. The van der Waals surface area contributed by atoms with Gasteiger partial charge in [0, 0.05) is 29.1 Å². The zero-order valence-electron chi connectivity index (χ0n) is 18.7. The van der Waals surface area contributed by atoms with Gasteiger partial charge < -0.3 is 14.2 Å². The van der Waals surface area contributed by atoms with E-state index in [0.29, 0.717) is 41.6 Å². The van der Waals surface area contributed by atoms with E-state index in [1.165, 1.54) is 7.11 Å². The Kier molecular flexibility index (Phi) is 8.64. The summed E-state index contributed by atoms with van der Waals surface area (Å²) in [4.78, 5) is 28.9. The minimum atomic E-state index is -0.474. The fourth-order valence-corrected chi connectivity index (χ4v) is 2.87. The summed E-state index contributed by atoms with van der Waals surface area (Å²) < 4.78 is 16.7. The van der Waals surface area contributed by atoms with Crippen molar-refractivity contribution in [2.45, 2.75) is 26.4 Å². The third-order valence-electron chi connectivity index (χ3n) is 4.72. The van der Waals surface area contributed by atoms with Crippen LogP contribution in [-0.2, 0) is 6.61 Å². The second-order valence-corrected chi connectivity index (χ2v) is 7.15. The molecule has 8 nitrogen and oxygen atoms in total. The van der Waals surface area contributed by atoms with E-state index in [0.717, 1.165) is 18.4 Å². The molecule has 0 radical (unpaired) electrons. The first kappa shape index (κ1) is 23.6. The van der Waals surface area contributed by atoms with Crippen LogP contribution in [0.25, 0.3) is 0 Å². The molecule has 0 aliphatic carbocycles. The predicted octanol–water partition coefficient (Wildman–Crippen LogP) is 3.92. The van der Waals surface area contributed by atoms with Crippen molar-refractivity contribution in [2.24, 2.45) is 0 Å². The maximum absolute atomic E-state index is 12.4. The Bertz CT molecular complexity index is 1060. The summed E-state index contributed by atoms with van der Waals surface area (Å²) in [5.74, 6) is 0.712. The molecule has 0 fully saturated rings. The van der Waals surface area contributed by atoms with Crippen molar-refractivity contribution in [2.75, 3.05) is 13.7 Å². The van der Waals surface area contributed by atoms with Gasteiger partial charge in [0.25, 0.3) is 11.8 Å². The van der Waals surface area contributed by atoms with Crippen LogP contribution in [0, 0.1) is 0 Å². The van der Waals surface area contributed by atoms with Crippen molar-refractivity contribution < 1.29 is 23.8 Å². The minimum Gasteiger partial charge on any atom is -0.493 e. The maximum atomic E-state index is 12.4. The van der Waals surface area contributed by atoms with E-state index in [2.05, 4.69) is 22.8 Å². The molecule has 1 heterocycles. The number of carbonyl (C=O) groups excluding carboxylic acids is 2. The largest absolute Gasteiger partial charge is 0.493 e. The molecular formula is C25H27N3O5. The van der Waals surface area contributed by atoms with Crippen molar-refractivity contribution in [1.29, 1.82) is 0 Å². The van der Waals surface area contributed by atoms with Gasteiger partial charge >= 0.3 is 0 Å². The van der Waals surface area contributed by atoms with E-state index in [-0.39, 0.29) is 0 Å². The first-order chi connectivity index (χ1) is 16.1. The number of hydrogen-bond donors (Lipinski definition) is 2. The van der Waals surface area contributed by atoms with Crippen LogP contribution in [-0.4, -0.2) is 30.5 Å². The molecule has 0 bridgehead atoms. The van der Waals surface area contributed by atoms with Crippen LogP contribution < -0.4 is 25.1 Å². The van der Waals surface area contributed by atoms with E-state index < -0.39 is 11.8 Å². The molecule has 33 heavy (non-hydrogen) atoms. The molecule has 1 aromatic heterocycles. The van der Waals surface area contributed by atoms with E-state index in [1.54, 1.807) is 54.9 Å². The standard InChI is InChI=1S/C25H27N3O5/c1-3-4-14-32-22-12-9-20(15-23(22)31-2)25(30)28-27-24(29)19-7-10-21(11-8-19)33-17-18-6-5-13-26-16-18/h5-13,15-16H,3-4,14,17H2,1-2H3,(H,27,29)(H,28,30). The number of pyridine rings is 1. The van der Waals surface area contributed by atoms with Crippen molar-refractivity contribution >= 4 is 11.8 Å². The highest BCUT2D eigenvalue weighted by molar-refractivity contribution is 5.99. The van der Waals surface area contributed by atoms with Gasteiger partial charge in [-0.1, -0.05) is 19.4 Å². The van der Waals surface area contributed by atoms with Crippen molar-refractivity contribution in [1.82, 2.24) is 15.8 Å². The Labute approximate surface area is 192 Å². The number of hydrazine groups is 1. The molecule has 0 spiro atoms. The summed E-state index contributed by atoms with van der Waals surface area (Å²) in [6.07, 6.45) is 5.37. The lowest BCUT2D eigenvalue weighted by Gasteiger charge is -2.12. The molecule has 0 atom stereocenters. The predicted molar refractivity (Wildman–Crippen MR) is 123 cm³/mol. The molecular weight excluding hydrogens is 422 g/mol. The summed E-state index contributed by atoms with van der Waals surface area (Å²) in [6, 6.07) is 15.2. The fourth-order valence-electron chi connectivity index (χ4n) is 2.87. The van der Waals surface area contributed by atoms with Crippen LogP contribution >= 0.6 is 0 Å². The highest BCUT2D eigenvalue weighted by Crippen LogP contribution is 2.28. The molecule has 3 aromatic rings. The van der Waals surface area contributed by atoms with E-state index in [4.69, 9.17) is 14.2 Å². The quantitative estimate of drug-likeness (QED) is 0.360. The molecule has 8 heteroatoms. The number of unbranched alkanes of at least 4 members (excludes halogenated alkanes) is 1. The van der Waals surface area contributed by atoms with Crippen LogP contribution in [0.4, 0.5) is 0 Å². The number of hydrogen-bond acceptors (Lipinski definition) is 6. The number of nitrogens with one attached hydrogen (secondary N) is 2. The van der Waals surface area contributed by atoms with Crippen LogP contribution in [0.1, 0.15) is 46.0 Å². The van der Waals surface area contributed by atoms with Gasteiger partial charge in [-0.15, -0.1) is 0 Å². The van der Waals surface area contributed by atoms with E-state index in [9.17, 15) is 9.59 Å². The number of amides is 2. The number of aromatic nitrogens is 1. The maximum Gasteiger partial charge on any atom is 0.269 e. The second kappa shape index (κ2) is 12.1. The second-order valence-electron chi connectivity index (χ2n) is 7.15. The summed E-state index contributed by atoms with van der Waals surface area (Å²) in [5, 5.41) is 0. The summed E-state index contributed by atoms with van der Waals surface area (Å²) >= 11 is 0. The summed E-state index contributed by atoms with van der Waals surface area (Å²) in [7, 11) is 1.51. The smallest absolute Gasteiger partial charge is 0.269 e. The summed E-state index contributed by atoms with van der Waals surface area (Å²) in [5.41, 5.74) is 6.47. The van der Waals surface area contributed by atoms with Gasteiger partial charge in [-0.25, -0.2) is 0 Å². The highest BCUT2D eigenvalue weighted by Gasteiger charge is 2.13. The van der Waals surface area contributed by atoms with Crippen LogP contribution in [0.5, 0.6) is 17.2 Å². The monoisotopic (exact) mass is 449 g/mol. The van der Waals surface area contributed by atoms with Crippen molar-refractivity contribution in [3.8, 4) is 17.2 Å². The van der Waals surface area contributed by atoms with Gasteiger partial charge in [0.15, 0.2) is 11.5 Å². The van der Waals surface area contributed by atoms with Crippen molar-refractivity contribution in [3.05, 3.63) is 83.7 Å². The van der Waals surface area contributed by atoms with Gasteiger partial charge in [-0.3, -0.25) is 25.4 Å². The molecule has 2 amide bonds. The molecule has 172 valence electrons. The Hall–Kier alpha value is -4.07. The summed E-state index contributed by atoms with van der Waals surface area (Å²) in [6.45, 7) is 3.03. The lowest BCUT2D eigenvalue weighted by atomic mass is 10.2. The number of carbonyl (C=O) groups is 2. The lowest BCUT2D eigenvalue weighted by Crippen LogP contribution is -2.41. The topological polar surface area (TPSA) is 98.8 Å². The van der Waals surface area contributed by atoms with Gasteiger partial charge in [-0.05, 0) is 55.0 Å². The average molecular weight is 450 g/mol. The van der Waals surface area contributed by atoms with Crippen LogP contribution in [0.2, 0.25) is 0 Å². The molecule has 2 aromatic carbocycles. The molecule has 0 aliphatic heterocycles. The average Bonchev–Trinajstić information content (AvgIpc) is 2.87. The normalized spacial score (nSPS) is 10.2. The number of benzene rings is 2. The van der Waals surface area contributed by atoms with Gasteiger partial charge in [0.05, 0.1) is 13.7 Å². The Morgan fingerprint density at radius 3 is 2.30 bits per heavy atom. The SMILES string of the molecule is CCCCOc1ccc(C(=O)NNC(=O)c2ccc(OCc3cccnc3)cc2)cc1OC. The molecule has 0 saturated heterocycles. The van der Waals surface area contributed by atoms with Gasteiger partial charge in [0.2, 0.25) is 0 Å². The molecule has 3 rings (SSSR count). The fraction of sp³-hybridized carbons (Fsp3) is 0.240. The number of rotatable bonds is 10. The van der Waals surface area contributed by atoms with E-state index in [1.807, 2.05) is 12.1 Å². The highest BCUT2D eigenvalue weighted by atomic mass is 16.5. The molecule has 0 unspecified atom stereocenters. The zero-order valence-corrected chi connectivity index (χ0v) is 18.7. The Morgan fingerprint density at radius 1 is 0.909 bits per heavy atom. The molecule has 0 saturated carbocycles. The number of ether oxygens (including phenoxy) is 3. The van der Waals surface area contributed by atoms with Gasteiger partial charge in [0.1, 0.15) is 12.4 Å². The van der Waals surface area contributed by atoms with Gasteiger partial charge in [-0.2, -0.15) is 0 Å². The van der Waals surface area contributed by atoms with Crippen LogP contribution in [0.3, 0.4) is 0 Å². The number of methoxy groups -OCH3 is 1. The molecule has 0 aliphatic rings. The Balaban J connectivity index is 1.51. The third-order valence-corrected chi connectivity index (χ3v) is 4.72. The third kappa shape index (κ3) is 6.96. The van der Waals surface area contributed by atoms with E-state index >= 15 is 0 Å².